The van der Waals surface area contributed by atoms with Gasteiger partial charge in [-0.2, -0.15) is 0 Å². The molecule has 4 nitrogen and oxygen atoms in total. The number of nitrogens with two attached hydrogens (primary N) is 1. The molecule has 2 aromatic carbocycles. The van der Waals surface area contributed by atoms with Crippen LogP contribution in [0.2, 0.25) is 0 Å². The van der Waals surface area contributed by atoms with Crippen LogP contribution >= 0.6 is 15.9 Å². The number of halogens is 1. The number of carbonyl (C=O) groups is 1. The van der Waals surface area contributed by atoms with E-state index in [1.54, 1.807) is 12.1 Å². The van der Waals surface area contributed by atoms with Crippen LogP contribution in [0.15, 0.2) is 46.9 Å². The molecular weight excluding hydrogens is 306 g/mol. The second-order valence-electron chi connectivity index (χ2n) is 4.15. The topological polar surface area (TPSA) is 67.1 Å². The zero-order valence-electron chi connectivity index (χ0n) is 10.4. The van der Waals surface area contributed by atoms with Crippen molar-refractivity contribution in [1.82, 2.24) is 0 Å². The number of amides is 1. The Balaban J connectivity index is 2.24. The molecule has 19 heavy (non-hydrogen) atoms. The van der Waals surface area contributed by atoms with E-state index in [9.17, 15) is 4.79 Å². The highest BCUT2D eigenvalue weighted by molar-refractivity contribution is 9.10. The van der Waals surface area contributed by atoms with Gasteiger partial charge in [-0.25, -0.2) is 0 Å². The van der Waals surface area contributed by atoms with Crippen LogP contribution in [0, 0.1) is 6.92 Å². The Kier molecular flexibility index (Phi) is 4.19. The van der Waals surface area contributed by atoms with Crippen molar-refractivity contribution in [3.63, 3.8) is 0 Å². The third-order valence-electron chi connectivity index (χ3n) is 2.68. The molecular formula is C14H14BrN3O. The highest BCUT2D eigenvalue weighted by Crippen LogP contribution is 2.19. The molecule has 0 aliphatic rings. The normalized spacial score (nSPS) is 10.1. The molecule has 0 unspecified atom stereocenters. The third kappa shape index (κ3) is 3.33. The number of benzene rings is 2. The molecule has 0 heterocycles. The van der Waals surface area contributed by atoms with E-state index in [2.05, 4.69) is 26.7 Å². The number of hydrogen-bond acceptors (Lipinski definition) is 3. The Morgan fingerprint density at radius 1 is 1.16 bits per heavy atom. The lowest BCUT2D eigenvalue weighted by atomic mass is 10.1. The van der Waals surface area contributed by atoms with Gasteiger partial charge in [-0.15, -0.1) is 0 Å². The minimum Gasteiger partial charge on any atom is -0.323 e. The van der Waals surface area contributed by atoms with E-state index >= 15 is 0 Å². The van der Waals surface area contributed by atoms with Crippen LogP contribution in [0.3, 0.4) is 0 Å². The lowest BCUT2D eigenvalue weighted by Crippen LogP contribution is -2.17. The number of nitrogens with one attached hydrogen (secondary N) is 2. The molecule has 0 spiro atoms. The minimum atomic E-state index is -0.195. The first-order chi connectivity index (χ1) is 9.10. The van der Waals surface area contributed by atoms with Gasteiger partial charge in [-0.1, -0.05) is 27.6 Å². The lowest BCUT2D eigenvalue weighted by Gasteiger charge is -2.10. The third-order valence-corrected chi connectivity index (χ3v) is 3.21. The van der Waals surface area contributed by atoms with Gasteiger partial charge in [0.2, 0.25) is 0 Å². The molecule has 2 aromatic rings. The maximum atomic E-state index is 12.2. The average Bonchev–Trinajstić information content (AvgIpc) is 2.41. The van der Waals surface area contributed by atoms with E-state index in [0.29, 0.717) is 11.3 Å². The summed E-state index contributed by atoms with van der Waals surface area (Å²) in [6.45, 7) is 1.93. The van der Waals surface area contributed by atoms with E-state index in [4.69, 9.17) is 5.84 Å². The Morgan fingerprint density at radius 3 is 2.47 bits per heavy atom. The predicted molar refractivity (Wildman–Crippen MR) is 81.1 cm³/mol. The fraction of sp³-hybridized carbons (Fsp3) is 0.0714. The first-order valence-electron chi connectivity index (χ1n) is 5.74. The van der Waals surface area contributed by atoms with Gasteiger partial charge in [0, 0.05) is 10.2 Å². The standard InChI is InChI=1S/C14H14BrN3O/c1-9-2-7-13(18-16)12(8-9)14(19)17-11-5-3-10(15)4-6-11/h2-8,18H,16H2,1H3,(H,17,19). The molecule has 0 bridgehead atoms. The molecule has 0 aliphatic heterocycles. The van der Waals surface area contributed by atoms with Gasteiger partial charge < -0.3 is 10.7 Å². The monoisotopic (exact) mass is 319 g/mol. The molecule has 4 N–H and O–H groups in total. The Bertz CT molecular complexity index is 596. The molecule has 0 aliphatic carbocycles. The van der Waals surface area contributed by atoms with E-state index in [1.165, 1.54) is 0 Å². The first kappa shape index (κ1) is 13.6. The number of aryl methyl sites for hydroxylation is 1. The van der Waals surface area contributed by atoms with Gasteiger partial charge in [0.1, 0.15) is 0 Å². The summed E-state index contributed by atoms with van der Waals surface area (Å²) in [6, 6.07) is 12.9. The molecule has 1 amide bonds. The van der Waals surface area contributed by atoms with Gasteiger partial charge in [0.15, 0.2) is 0 Å². The van der Waals surface area contributed by atoms with E-state index in [1.807, 2.05) is 37.3 Å². The van der Waals surface area contributed by atoms with Crippen LogP contribution in [0.5, 0.6) is 0 Å². The SMILES string of the molecule is Cc1ccc(NN)c(C(=O)Nc2ccc(Br)cc2)c1. The molecule has 5 heteroatoms. The predicted octanol–water partition coefficient (Wildman–Crippen LogP) is 3.30. The van der Waals surface area contributed by atoms with Crippen LogP contribution < -0.4 is 16.6 Å². The Morgan fingerprint density at radius 2 is 1.84 bits per heavy atom. The zero-order valence-corrected chi connectivity index (χ0v) is 12.0. The molecule has 2 rings (SSSR count). The highest BCUT2D eigenvalue weighted by Gasteiger charge is 2.11. The van der Waals surface area contributed by atoms with E-state index in [0.717, 1.165) is 15.7 Å². The summed E-state index contributed by atoms with van der Waals surface area (Å²) in [6.07, 6.45) is 0. The fourth-order valence-corrected chi connectivity index (χ4v) is 1.97. The summed E-state index contributed by atoms with van der Waals surface area (Å²) in [5.41, 5.74) is 5.38. The Labute approximate surface area is 120 Å². The fourth-order valence-electron chi connectivity index (χ4n) is 1.70. The highest BCUT2D eigenvalue weighted by atomic mass is 79.9. The van der Waals surface area contributed by atoms with Gasteiger partial charge in [-0.3, -0.25) is 10.6 Å². The van der Waals surface area contributed by atoms with Gasteiger partial charge in [-0.05, 0) is 43.3 Å². The van der Waals surface area contributed by atoms with Crippen molar-refractivity contribution < 1.29 is 4.79 Å². The molecule has 98 valence electrons. The van der Waals surface area contributed by atoms with Crippen molar-refractivity contribution >= 4 is 33.2 Å². The summed E-state index contributed by atoms with van der Waals surface area (Å²) in [4.78, 5) is 12.2. The van der Waals surface area contributed by atoms with Crippen LogP contribution in [-0.2, 0) is 0 Å². The zero-order chi connectivity index (χ0) is 13.8. The second kappa shape index (κ2) is 5.86. The number of hydrazine groups is 1. The number of carbonyl (C=O) groups excluding carboxylic acids is 1. The van der Waals surface area contributed by atoms with E-state index < -0.39 is 0 Å². The van der Waals surface area contributed by atoms with Crippen molar-refractivity contribution in [3.8, 4) is 0 Å². The molecule has 0 radical (unpaired) electrons. The first-order valence-corrected chi connectivity index (χ1v) is 6.53. The van der Waals surface area contributed by atoms with Crippen molar-refractivity contribution in [2.45, 2.75) is 6.92 Å². The molecule has 0 fully saturated rings. The summed E-state index contributed by atoms with van der Waals surface area (Å²) in [5.74, 6) is 5.22. The quantitative estimate of drug-likeness (QED) is 0.600. The van der Waals surface area contributed by atoms with Gasteiger partial charge in [0.25, 0.3) is 5.91 Å². The summed E-state index contributed by atoms with van der Waals surface area (Å²) in [5, 5.41) is 2.83. The molecule has 0 saturated heterocycles. The maximum Gasteiger partial charge on any atom is 0.257 e. The van der Waals surface area contributed by atoms with E-state index in [-0.39, 0.29) is 5.91 Å². The molecule has 0 saturated carbocycles. The molecule has 0 atom stereocenters. The van der Waals surface area contributed by atoms with Crippen LogP contribution in [0.25, 0.3) is 0 Å². The lowest BCUT2D eigenvalue weighted by molar-refractivity contribution is 0.102. The average molecular weight is 320 g/mol. The van der Waals surface area contributed by atoms with Crippen LogP contribution in [0.4, 0.5) is 11.4 Å². The smallest absolute Gasteiger partial charge is 0.257 e. The largest absolute Gasteiger partial charge is 0.323 e. The van der Waals surface area contributed by atoms with Gasteiger partial charge >= 0.3 is 0 Å². The van der Waals surface area contributed by atoms with Crippen LogP contribution in [0.1, 0.15) is 15.9 Å². The number of hydrogen-bond donors (Lipinski definition) is 3. The second-order valence-corrected chi connectivity index (χ2v) is 5.07. The summed E-state index contributed by atoms with van der Waals surface area (Å²) >= 11 is 3.35. The Hall–Kier alpha value is -1.85. The van der Waals surface area contributed by atoms with Crippen molar-refractivity contribution in [3.05, 3.63) is 58.1 Å². The summed E-state index contributed by atoms with van der Waals surface area (Å²) in [7, 11) is 0. The number of nitrogen functional groups attached to an aromatic ring is 1. The van der Waals surface area contributed by atoms with Crippen molar-refractivity contribution in [2.24, 2.45) is 5.84 Å². The van der Waals surface area contributed by atoms with Crippen molar-refractivity contribution in [2.75, 3.05) is 10.7 Å². The van der Waals surface area contributed by atoms with Gasteiger partial charge in [0.05, 0.1) is 11.3 Å². The molecule has 0 aromatic heterocycles. The number of anilines is 2. The summed E-state index contributed by atoms with van der Waals surface area (Å²) < 4.78 is 0.963. The maximum absolute atomic E-state index is 12.2. The van der Waals surface area contributed by atoms with Crippen molar-refractivity contribution in [1.29, 1.82) is 0 Å². The van der Waals surface area contributed by atoms with Crippen LogP contribution in [-0.4, -0.2) is 5.91 Å². The minimum absolute atomic E-state index is 0.195. The number of rotatable bonds is 3.